The van der Waals surface area contributed by atoms with Crippen molar-refractivity contribution in [3.8, 4) is 0 Å². The first-order valence-electron chi connectivity index (χ1n) is 7.75. The van der Waals surface area contributed by atoms with Crippen LogP contribution in [0.2, 0.25) is 0 Å². The highest BCUT2D eigenvalue weighted by atomic mass is 16.1. The predicted octanol–water partition coefficient (Wildman–Crippen LogP) is 2.79. The van der Waals surface area contributed by atoms with E-state index in [1.807, 2.05) is 42.1 Å². The molecule has 5 heteroatoms. The standard InChI is InChI=1S/C17H24N4O/c1-4-20(5-2)10-11-21-13-16(12-18-21)19-17(22)15-8-6-14(3)7-9-15/h6-9,12-13H,4-5,10-11H2,1-3H3,(H,19,22). The van der Waals surface area contributed by atoms with Crippen LogP contribution in [-0.4, -0.2) is 40.2 Å². The molecule has 0 bridgehead atoms. The van der Waals surface area contributed by atoms with Gasteiger partial charge in [0, 0.05) is 18.3 Å². The van der Waals surface area contributed by atoms with Gasteiger partial charge < -0.3 is 10.2 Å². The van der Waals surface area contributed by atoms with Gasteiger partial charge in [0.05, 0.1) is 18.4 Å². The van der Waals surface area contributed by atoms with E-state index < -0.39 is 0 Å². The quantitative estimate of drug-likeness (QED) is 0.855. The van der Waals surface area contributed by atoms with Crippen molar-refractivity contribution in [3.05, 3.63) is 47.8 Å². The summed E-state index contributed by atoms with van der Waals surface area (Å²) in [4.78, 5) is 14.5. The molecule has 5 nitrogen and oxygen atoms in total. The zero-order valence-electron chi connectivity index (χ0n) is 13.5. The lowest BCUT2D eigenvalue weighted by Gasteiger charge is -2.17. The Hall–Kier alpha value is -2.14. The Morgan fingerprint density at radius 1 is 1.23 bits per heavy atom. The molecule has 1 aromatic carbocycles. The molecule has 0 unspecified atom stereocenters. The Kier molecular flexibility index (Phi) is 5.72. The third-order valence-electron chi connectivity index (χ3n) is 3.74. The van der Waals surface area contributed by atoms with Crippen LogP contribution in [0.4, 0.5) is 5.69 Å². The molecule has 0 saturated heterocycles. The molecule has 22 heavy (non-hydrogen) atoms. The van der Waals surface area contributed by atoms with Crippen molar-refractivity contribution in [2.45, 2.75) is 27.3 Å². The van der Waals surface area contributed by atoms with Crippen molar-refractivity contribution < 1.29 is 4.79 Å². The molecule has 2 rings (SSSR count). The minimum absolute atomic E-state index is 0.108. The number of amides is 1. The molecule has 1 heterocycles. The van der Waals surface area contributed by atoms with E-state index in [4.69, 9.17) is 0 Å². The average molecular weight is 300 g/mol. The van der Waals surface area contributed by atoms with Gasteiger partial charge in [0.2, 0.25) is 0 Å². The zero-order valence-corrected chi connectivity index (χ0v) is 13.5. The maximum absolute atomic E-state index is 12.1. The van der Waals surface area contributed by atoms with Gasteiger partial charge in [0.15, 0.2) is 0 Å². The summed E-state index contributed by atoms with van der Waals surface area (Å²) in [7, 11) is 0. The summed E-state index contributed by atoms with van der Waals surface area (Å²) in [5.41, 5.74) is 2.52. The first-order chi connectivity index (χ1) is 10.6. The number of anilines is 1. The average Bonchev–Trinajstić information content (AvgIpc) is 2.96. The van der Waals surface area contributed by atoms with Gasteiger partial charge in [-0.15, -0.1) is 0 Å². The van der Waals surface area contributed by atoms with E-state index in [9.17, 15) is 4.79 Å². The fourth-order valence-corrected chi connectivity index (χ4v) is 2.24. The van der Waals surface area contributed by atoms with Gasteiger partial charge in [-0.2, -0.15) is 5.10 Å². The second kappa shape index (κ2) is 7.75. The predicted molar refractivity (Wildman–Crippen MR) is 89.1 cm³/mol. The normalized spacial score (nSPS) is 10.9. The number of hydrogen-bond donors (Lipinski definition) is 1. The molecule has 2 aromatic rings. The molecule has 0 spiro atoms. The van der Waals surface area contributed by atoms with E-state index in [-0.39, 0.29) is 5.91 Å². The van der Waals surface area contributed by atoms with Crippen molar-refractivity contribution in [1.29, 1.82) is 0 Å². The number of nitrogens with one attached hydrogen (secondary N) is 1. The topological polar surface area (TPSA) is 50.2 Å². The van der Waals surface area contributed by atoms with Crippen molar-refractivity contribution in [3.63, 3.8) is 0 Å². The second-order valence-electron chi connectivity index (χ2n) is 5.34. The number of benzene rings is 1. The van der Waals surface area contributed by atoms with Gasteiger partial charge in [-0.1, -0.05) is 31.5 Å². The van der Waals surface area contributed by atoms with E-state index >= 15 is 0 Å². The second-order valence-corrected chi connectivity index (χ2v) is 5.34. The molecule has 1 amide bonds. The summed E-state index contributed by atoms with van der Waals surface area (Å²) in [5, 5.41) is 7.17. The number of aryl methyl sites for hydroxylation is 1. The summed E-state index contributed by atoms with van der Waals surface area (Å²) in [6.07, 6.45) is 3.56. The van der Waals surface area contributed by atoms with E-state index in [0.717, 1.165) is 37.4 Å². The first-order valence-corrected chi connectivity index (χ1v) is 7.75. The minimum Gasteiger partial charge on any atom is -0.319 e. The van der Waals surface area contributed by atoms with E-state index in [0.29, 0.717) is 5.56 Å². The van der Waals surface area contributed by atoms with Crippen LogP contribution in [0, 0.1) is 6.92 Å². The summed E-state index contributed by atoms with van der Waals surface area (Å²) in [6, 6.07) is 7.52. The number of hydrogen-bond acceptors (Lipinski definition) is 3. The molecule has 0 fully saturated rings. The van der Waals surface area contributed by atoms with Gasteiger partial charge in [0.1, 0.15) is 0 Å². The van der Waals surface area contributed by atoms with Crippen LogP contribution in [0.25, 0.3) is 0 Å². The van der Waals surface area contributed by atoms with Crippen molar-refractivity contribution in [2.75, 3.05) is 25.0 Å². The highest BCUT2D eigenvalue weighted by Gasteiger charge is 2.07. The molecule has 1 aromatic heterocycles. The summed E-state index contributed by atoms with van der Waals surface area (Å²) in [5.74, 6) is -0.108. The Morgan fingerprint density at radius 2 is 1.91 bits per heavy atom. The summed E-state index contributed by atoms with van der Waals surface area (Å²) >= 11 is 0. The van der Waals surface area contributed by atoms with Crippen LogP contribution in [0.5, 0.6) is 0 Å². The summed E-state index contributed by atoms with van der Waals surface area (Å²) in [6.45, 7) is 10.2. The highest BCUT2D eigenvalue weighted by molar-refractivity contribution is 6.04. The number of aromatic nitrogens is 2. The number of likely N-dealkylation sites (N-methyl/N-ethyl adjacent to an activating group) is 1. The van der Waals surface area contributed by atoms with Crippen LogP contribution >= 0.6 is 0 Å². The van der Waals surface area contributed by atoms with Gasteiger partial charge in [0.25, 0.3) is 5.91 Å². The maximum atomic E-state index is 12.1. The molecule has 1 N–H and O–H groups in total. The van der Waals surface area contributed by atoms with Crippen LogP contribution in [0.15, 0.2) is 36.7 Å². The molecule has 0 saturated carbocycles. The molecular formula is C17H24N4O. The van der Waals surface area contributed by atoms with E-state index in [1.165, 1.54) is 0 Å². The number of nitrogens with zero attached hydrogens (tertiary/aromatic N) is 3. The number of carbonyl (C=O) groups excluding carboxylic acids is 1. The Bertz CT molecular complexity index is 599. The molecule has 0 aliphatic heterocycles. The van der Waals surface area contributed by atoms with Gasteiger partial charge >= 0.3 is 0 Å². The fourth-order valence-electron chi connectivity index (χ4n) is 2.24. The Labute approximate surface area is 131 Å². The third-order valence-corrected chi connectivity index (χ3v) is 3.74. The van der Waals surface area contributed by atoms with Crippen molar-refractivity contribution in [1.82, 2.24) is 14.7 Å². The molecule has 0 radical (unpaired) electrons. The SMILES string of the molecule is CCN(CC)CCn1cc(NC(=O)c2ccc(C)cc2)cn1. The van der Waals surface area contributed by atoms with Crippen LogP contribution in [0.1, 0.15) is 29.8 Å². The largest absolute Gasteiger partial charge is 0.319 e. The molecule has 118 valence electrons. The van der Waals surface area contributed by atoms with Crippen LogP contribution in [0.3, 0.4) is 0 Å². The highest BCUT2D eigenvalue weighted by Crippen LogP contribution is 2.09. The van der Waals surface area contributed by atoms with Gasteiger partial charge in [-0.25, -0.2) is 0 Å². The summed E-state index contributed by atoms with van der Waals surface area (Å²) < 4.78 is 1.86. The monoisotopic (exact) mass is 300 g/mol. The lowest BCUT2D eigenvalue weighted by molar-refractivity contribution is 0.102. The smallest absolute Gasteiger partial charge is 0.255 e. The fraction of sp³-hybridized carbons (Fsp3) is 0.412. The zero-order chi connectivity index (χ0) is 15.9. The third kappa shape index (κ3) is 4.43. The maximum Gasteiger partial charge on any atom is 0.255 e. The molecule has 0 aliphatic rings. The van der Waals surface area contributed by atoms with Crippen molar-refractivity contribution >= 4 is 11.6 Å². The first kappa shape index (κ1) is 16.2. The number of rotatable bonds is 7. The minimum atomic E-state index is -0.108. The van der Waals surface area contributed by atoms with Crippen LogP contribution < -0.4 is 5.32 Å². The molecule has 0 atom stereocenters. The van der Waals surface area contributed by atoms with Gasteiger partial charge in [-0.3, -0.25) is 9.48 Å². The van der Waals surface area contributed by atoms with E-state index in [2.05, 4.69) is 29.2 Å². The molecule has 0 aliphatic carbocycles. The van der Waals surface area contributed by atoms with Crippen molar-refractivity contribution in [2.24, 2.45) is 0 Å². The Morgan fingerprint density at radius 3 is 2.55 bits per heavy atom. The molecular weight excluding hydrogens is 276 g/mol. The number of carbonyl (C=O) groups is 1. The van der Waals surface area contributed by atoms with Gasteiger partial charge in [-0.05, 0) is 32.1 Å². The van der Waals surface area contributed by atoms with E-state index in [1.54, 1.807) is 6.20 Å². The van der Waals surface area contributed by atoms with Crippen LogP contribution in [-0.2, 0) is 6.54 Å². The lowest BCUT2D eigenvalue weighted by Crippen LogP contribution is -2.27. The lowest BCUT2D eigenvalue weighted by atomic mass is 10.1. The Balaban J connectivity index is 1.91.